The Balaban J connectivity index is 0.00000264. The number of nitrogens with one attached hydrogen (secondary N) is 2. The number of halogens is 1. The molecule has 1 fully saturated rings. The van der Waals surface area contributed by atoms with Crippen molar-refractivity contribution >= 4 is 22.4 Å². The molecule has 0 spiro atoms. The molecule has 2 unspecified atom stereocenters. The molecule has 4 nitrogen and oxygen atoms in total. The van der Waals surface area contributed by atoms with Crippen LogP contribution in [0.3, 0.4) is 0 Å². The molecular weight excluding hydrogens is 332 g/mol. The van der Waals surface area contributed by atoms with Gasteiger partial charge in [0.1, 0.15) is 0 Å². The van der Waals surface area contributed by atoms with Gasteiger partial charge in [0.05, 0.1) is 4.90 Å². The Morgan fingerprint density at radius 2 is 1.87 bits per heavy atom. The van der Waals surface area contributed by atoms with Gasteiger partial charge in [-0.1, -0.05) is 26.0 Å². The topological polar surface area (TPSA) is 58.2 Å². The van der Waals surface area contributed by atoms with Gasteiger partial charge in [-0.05, 0) is 68.8 Å². The molecule has 2 rings (SSSR count). The summed E-state index contributed by atoms with van der Waals surface area (Å²) in [6.07, 6.45) is 3.16. The highest BCUT2D eigenvalue weighted by Crippen LogP contribution is 2.18. The van der Waals surface area contributed by atoms with Crippen molar-refractivity contribution in [3.8, 4) is 0 Å². The van der Waals surface area contributed by atoms with E-state index in [2.05, 4.69) is 23.9 Å². The lowest BCUT2D eigenvalue weighted by atomic mass is 9.94. The molecule has 6 heteroatoms. The fourth-order valence-corrected chi connectivity index (χ4v) is 4.30. The standard InChI is InChI=1S/C17H28N2O2S.ClH/c1-13(2)11-15-6-8-17(9-7-15)22(20,21)19-14(3)16-5-4-10-18-12-16;/h6-9,13-14,16,18-19H,4-5,10-12H2,1-3H3;1H. The summed E-state index contributed by atoms with van der Waals surface area (Å²) in [5.74, 6) is 0.933. The molecule has 1 aliphatic rings. The molecule has 23 heavy (non-hydrogen) atoms. The van der Waals surface area contributed by atoms with E-state index in [1.807, 2.05) is 19.1 Å². The van der Waals surface area contributed by atoms with Crippen LogP contribution in [-0.2, 0) is 16.4 Å². The number of hydrogen-bond acceptors (Lipinski definition) is 3. The first-order valence-electron chi connectivity index (χ1n) is 8.20. The zero-order chi connectivity index (χ0) is 16.2. The molecule has 0 radical (unpaired) electrons. The van der Waals surface area contributed by atoms with Crippen molar-refractivity contribution in [1.82, 2.24) is 10.0 Å². The quantitative estimate of drug-likeness (QED) is 0.819. The zero-order valence-electron chi connectivity index (χ0n) is 14.2. The van der Waals surface area contributed by atoms with Crippen molar-refractivity contribution in [3.05, 3.63) is 29.8 Å². The Kier molecular flexibility index (Phi) is 8.01. The van der Waals surface area contributed by atoms with Crippen LogP contribution in [0.1, 0.15) is 39.2 Å². The van der Waals surface area contributed by atoms with Gasteiger partial charge >= 0.3 is 0 Å². The van der Waals surface area contributed by atoms with Gasteiger partial charge in [-0.2, -0.15) is 0 Å². The molecule has 1 saturated heterocycles. The van der Waals surface area contributed by atoms with Crippen molar-refractivity contribution in [2.24, 2.45) is 11.8 Å². The summed E-state index contributed by atoms with van der Waals surface area (Å²) >= 11 is 0. The Morgan fingerprint density at radius 3 is 2.39 bits per heavy atom. The van der Waals surface area contributed by atoms with Crippen LogP contribution in [0.5, 0.6) is 0 Å². The first kappa shape index (κ1) is 20.4. The minimum atomic E-state index is -3.43. The van der Waals surface area contributed by atoms with E-state index in [0.717, 1.165) is 32.4 Å². The Hall–Kier alpha value is -0.620. The van der Waals surface area contributed by atoms with E-state index >= 15 is 0 Å². The van der Waals surface area contributed by atoms with Crippen molar-refractivity contribution in [2.75, 3.05) is 13.1 Å². The summed E-state index contributed by atoms with van der Waals surface area (Å²) < 4.78 is 27.8. The number of hydrogen-bond donors (Lipinski definition) is 2. The molecule has 1 aromatic rings. The largest absolute Gasteiger partial charge is 0.316 e. The molecule has 0 aromatic heterocycles. The lowest BCUT2D eigenvalue weighted by molar-refractivity contribution is 0.320. The second kappa shape index (κ2) is 9.02. The average molecular weight is 361 g/mol. The smallest absolute Gasteiger partial charge is 0.240 e. The highest BCUT2D eigenvalue weighted by atomic mass is 35.5. The van der Waals surface area contributed by atoms with Crippen LogP contribution in [0.2, 0.25) is 0 Å². The van der Waals surface area contributed by atoms with E-state index in [4.69, 9.17) is 0 Å². The van der Waals surface area contributed by atoms with Gasteiger partial charge in [-0.3, -0.25) is 0 Å². The van der Waals surface area contributed by atoms with Gasteiger partial charge in [0.15, 0.2) is 0 Å². The third-order valence-electron chi connectivity index (χ3n) is 4.26. The summed E-state index contributed by atoms with van der Waals surface area (Å²) in [5, 5.41) is 3.33. The van der Waals surface area contributed by atoms with E-state index < -0.39 is 10.0 Å². The van der Waals surface area contributed by atoms with Crippen LogP contribution in [0.15, 0.2) is 29.2 Å². The minimum absolute atomic E-state index is 0. The summed E-state index contributed by atoms with van der Waals surface area (Å²) in [6, 6.07) is 7.22. The highest BCUT2D eigenvalue weighted by molar-refractivity contribution is 7.89. The van der Waals surface area contributed by atoms with Gasteiger partial charge in [-0.15, -0.1) is 12.4 Å². The average Bonchev–Trinajstić information content (AvgIpc) is 2.47. The summed E-state index contributed by atoms with van der Waals surface area (Å²) in [4.78, 5) is 0.357. The monoisotopic (exact) mass is 360 g/mol. The molecule has 132 valence electrons. The molecular formula is C17H29ClN2O2S. The first-order valence-corrected chi connectivity index (χ1v) is 9.69. The third kappa shape index (κ3) is 6.07. The van der Waals surface area contributed by atoms with Crippen LogP contribution in [0.4, 0.5) is 0 Å². The van der Waals surface area contributed by atoms with Crippen LogP contribution < -0.4 is 10.0 Å². The number of rotatable bonds is 6. The molecule has 1 heterocycles. The zero-order valence-corrected chi connectivity index (χ0v) is 15.8. The van der Waals surface area contributed by atoms with E-state index in [1.54, 1.807) is 12.1 Å². The first-order chi connectivity index (χ1) is 10.4. The second-order valence-electron chi connectivity index (χ2n) is 6.76. The lowest BCUT2D eigenvalue weighted by Gasteiger charge is -2.28. The maximum absolute atomic E-state index is 12.5. The predicted octanol–water partition coefficient (Wildman–Crippen LogP) is 2.97. The van der Waals surface area contributed by atoms with Gasteiger partial charge in [-0.25, -0.2) is 13.1 Å². The van der Waals surface area contributed by atoms with Gasteiger partial charge in [0, 0.05) is 6.04 Å². The molecule has 2 N–H and O–H groups in total. The van der Waals surface area contributed by atoms with Crippen LogP contribution in [0, 0.1) is 11.8 Å². The fourth-order valence-electron chi connectivity index (χ4n) is 2.99. The Morgan fingerprint density at radius 1 is 1.22 bits per heavy atom. The van der Waals surface area contributed by atoms with Gasteiger partial charge < -0.3 is 5.32 Å². The number of sulfonamides is 1. The highest BCUT2D eigenvalue weighted by Gasteiger charge is 2.25. The second-order valence-corrected chi connectivity index (χ2v) is 8.47. The number of piperidine rings is 1. The van der Waals surface area contributed by atoms with Gasteiger partial charge in [0.25, 0.3) is 0 Å². The normalized spacial score (nSPS) is 20.1. The summed E-state index contributed by atoms with van der Waals surface area (Å²) in [7, 11) is -3.43. The van der Waals surface area contributed by atoms with Crippen LogP contribution in [0.25, 0.3) is 0 Å². The fraction of sp³-hybridized carbons (Fsp3) is 0.647. The van der Waals surface area contributed by atoms with E-state index in [0.29, 0.717) is 16.7 Å². The third-order valence-corrected chi connectivity index (χ3v) is 5.84. The van der Waals surface area contributed by atoms with Crippen molar-refractivity contribution in [3.63, 3.8) is 0 Å². The minimum Gasteiger partial charge on any atom is -0.316 e. The van der Waals surface area contributed by atoms with Crippen molar-refractivity contribution < 1.29 is 8.42 Å². The molecule has 0 bridgehead atoms. The predicted molar refractivity (Wildman–Crippen MR) is 97.6 cm³/mol. The van der Waals surface area contributed by atoms with E-state index in [-0.39, 0.29) is 18.4 Å². The summed E-state index contributed by atoms with van der Waals surface area (Å²) in [5.41, 5.74) is 1.18. The molecule has 1 aliphatic heterocycles. The van der Waals surface area contributed by atoms with Gasteiger partial charge in [0.2, 0.25) is 10.0 Å². The van der Waals surface area contributed by atoms with E-state index in [1.165, 1.54) is 5.56 Å². The molecule has 0 amide bonds. The maximum Gasteiger partial charge on any atom is 0.240 e. The molecule has 1 aromatic carbocycles. The maximum atomic E-state index is 12.5. The van der Waals surface area contributed by atoms with Crippen LogP contribution in [-0.4, -0.2) is 27.5 Å². The molecule has 0 aliphatic carbocycles. The van der Waals surface area contributed by atoms with Crippen LogP contribution >= 0.6 is 12.4 Å². The Labute approximate surface area is 146 Å². The molecule has 0 saturated carbocycles. The summed E-state index contributed by atoms with van der Waals surface area (Å²) in [6.45, 7) is 8.20. The Bertz CT molecular complexity index is 567. The van der Waals surface area contributed by atoms with Crippen molar-refractivity contribution in [1.29, 1.82) is 0 Å². The van der Waals surface area contributed by atoms with E-state index in [9.17, 15) is 8.42 Å². The van der Waals surface area contributed by atoms with Crippen molar-refractivity contribution in [2.45, 2.75) is 51.0 Å². The SMILES string of the molecule is CC(C)Cc1ccc(S(=O)(=O)NC(C)C2CCCNC2)cc1.Cl. The molecule has 2 atom stereocenters. The lowest BCUT2D eigenvalue weighted by Crippen LogP contribution is -2.44. The number of benzene rings is 1.